The number of aromatic nitrogens is 8. The molecule has 5 atom stereocenters. The van der Waals surface area contributed by atoms with Crippen molar-refractivity contribution in [1.29, 1.82) is 0 Å². The fourth-order valence-corrected chi connectivity index (χ4v) is 16.5. The van der Waals surface area contributed by atoms with Gasteiger partial charge in [-0.05, 0) is 149 Å². The molecule has 0 saturated heterocycles. The Bertz CT molecular complexity index is 5820. The predicted octanol–water partition coefficient (Wildman–Crippen LogP) is 15.1. The number of nitrogens with one attached hydrogen (secondary N) is 4. The van der Waals surface area contributed by atoms with Gasteiger partial charge in [0.2, 0.25) is 23.6 Å². The van der Waals surface area contributed by atoms with Gasteiger partial charge in [0, 0.05) is 47.9 Å². The Morgan fingerprint density at radius 3 is 0.935 bits per heavy atom. The fourth-order valence-electron chi connectivity index (χ4n) is 16.5. The molecule has 5 aliphatic rings. The lowest BCUT2D eigenvalue weighted by Gasteiger charge is -2.24. The number of amides is 4. The van der Waals surface area contributed by atoms with Crippen LogP contribution in [-0.2, 0) is 97.0 Å². The SMILES string of the molecule is CC(=O)Nc1nc2c(nc1C(O)c1ccccc1)-c1ccc(CO)cc1CC2.CC(C)CC(=O)Nc1nc2c(nc1C(O)c1ccccc1)-c1ccc(CO)cc1CC2.CCC(C)C(=O)Nc1nc2c(nc1C(O)c1ccccc1)-c1ccc(CO)cc1CC2.O=C(CC1CCCCC1)Nc1nc2c(nc1C(O)c1ccccc1)-c1ccc(CO)cc1CC2. The largest absolute Gasteiger partial charge is 0.392 e. The van der Waals surface area contributed by atoms with E-state index >= 15 is 0 Å². The smallest absolute Gasteiger partial charge is 0.228 e. The number of benzene rings is 8. The van der Waals surface area contributed by atoms with E-state index < -0.39 is 24.4 Å². The number of fused-ring (bicyclic) bond motifs is 12. The molecule has 0 spiro atoms. The van der Waals surface area contributed by atoms with Crippen LogP contribution in [0.3, 0.4) is 0 Å². The number of anilines is 4. The molecule has 5 unspecified atom stereocenters. The maximum absolute atomic E-state index is 12.9. The minimum atomic E-state index is -1.02. The maximum atomic E-state index is 12.9. The van der Waals surface area contributed by atoms with Crippen LogP contribution >= 0.6 is 0 Å². The van der Waals surface area contributed by atoms with Gasteiger partial charge in [-0.25, -0.2) is 39.9 Å². The van der Waals surface area contributed by atoms with E-state index in [4.69, 9.17) is 34.9 Å². The predicted molar refractivity (Wildman–Crippen MR) is 476 cm³/mol. The van der Waals surface area contributed by atoms with E-state index in [9.17, 15) is 60.0 Å². The summed E-state index contributed by atoms with van der Waals surface area (Å²) in [5, 5.41) is 93.7. The van der Waals surface area contributed by atoms with Crippen molar-refractivity contribution < 1.29 is 60.0 Å². The molecule has 8 aromatic carbocycles. The van der Waals surface area contributed by atoms with Gasteiger partial charge in [0.1, 0.15) is 47.2 Å². The molecule has 124 heavy (non-hydrogen) atoms. The van der Waals surface area contributed by atoms with Crippen molar-refractivity contribution in [1.82, 2.24) is 39.9 Å². The summed E-state index contributed by atoms with van der Waals surface area (Å²) in [5.41, 5.74) is 21.9. The van der Waals surface area contributed by atoms with Crippen molar-refractivity contribution >= 4 is 46.9 Å². The second-order valence-electron chi connectivity index (χ2n) is 32.7. The van der Waals surface area contributed by atoms with Crippen LogP contribution in [0, 0.1) is 17.8 Å². The molecule has 17 rings (SSSR count). The second-order valence-corrected chi connectivity index (χ2v) is 32.7. The molecule has 0 radical (unpaired) electrons. The van der Waals surface area contributed by atoms with E-state index in [1.54, 1.807) is 0 Å². The standard InChI is InChI=1S/C28H31N3O3.2C25H27N3O3.C22H21N3O3/c32-17-19-11-13-22-21(15-19)12-14-23-25(22)31-26(27(34)20-9-5-2-6-10-20)28(29-23)30-24(33)16-18-7-3-1-4-8-18;1-15(2)12-21(30)27-25-23(24(31)17-6-4-3-5-7-17)28-22-19-10-8-16(14-29)13-18(19)9-11-20(22)26-25;1-3-15(2)25(31)28-24-22(23(30)17-7-5-4-6-8-17)27-21-19-11-9-16(14-29)13-18(19)10-12-20(21)26-24;1-13(27)23-22-20(21(28)15-5-3-2-4-6-15)25-19-17-9-7-14(12-26)11-16(17)8-10-18(19)24-22/h2,5-6,9-11,13,15,18,27,32,34H,1,3-4,7-8,12,14,16-17H2,(H,29,30,33);3-8,10,13,15,24,29,31H,9,11-12,14H2,1-2H3,(H,26,27,30);4-9,11,13,15,23,29-30H,3,10,12,14H2,1-2H3,(H,26,28,31);2-7,9,11,21,26,28H,8,10,12H2,1H3,(H,23,24,27). The summed E-state index contributed by atoms with van der Waals surface area (Å²) in [4.78, 5) is 88.0. The maximum Gasteiger partial charge on any atom is 0.228 e. The summed E-state index contributed by atoms with van der Waals surface area (Å²) >= 11 is 0. The third-order valence-electron chi connectivity index (χ3n) is 23.3. The van der Waals surface area contributed by atoms with Crippen LogP contribution in [0.25, 0.3) is 45.0 Å². The first-order chi connectivity index (χ1) is 60.1. The van der Waals surface area contributed by atoms with Crippen LogP contribution in [0.5, 0.6) is 0 Å². The number of aliphatic hydroxyl groups excluding tert-OH is 8. The van der Waals surface area contributed by atoms with Gasteiger partial charge in [0.05, 0.1) is 72.0 Å². The highest BCUT2D eigenvalue weighted by Gasteiger charge is 2.33. The molecular formula is C100H106N12O12. The van der Waals surface area contributed by atoms with E-state index in [1.165, 1.54) is 26.2 Å². The summed E-state index contributed by atoms with van der Waals surface area (Å²) in [5.74, 6) is 1.12. The van der Waals surface area contributed by atoms with Crippen molar-refractivity contribution in [3.8, 4) is 45.0 Å². The van der Waals surface area contributed by atoms with Gasteiger partial charge >= 0.3 is 0 Å². The summed E-state index contributed by atoms with van der Waals surface area (Å²) < 4.78 is 0. The molecule has 4 aromatic heterocycles. The molecule has 1 saturated carbocycles. The number of carbonyl (C=O) groups is 4. The van der Waals surface area contributed by atoms with E-state index in [0.29, 0.717) is 119 Å². The number of aliphatic hydroxyl groups is 8. The van der Waals surface area contributed by atoms with Gasteiger partial charge in [-0.1, -0.05) is 241 Å². The third-order valence-corrected chi connectivity index (χ3v) is 23.3. The summed E-state index contributed by atoms with van der Waals surface area (Å²) in [7, 11) is 0. The van der Waals surface area contributed by atoms with Crippen molar-refractivity contribution in [3.05, 3.63) is 306 Å². The van der Waals surface area contributed by atoms with Gasteiger partial charge in [-0.2, -0.15) is 0 Å². The lowest BCUT2D eigenvalue weighted by atomic mass is 9.87. The Labute approximate surface area is 721 Å². The molecule has 4 amide bonds. The molecule has 0 bridgehead atoms. The lowest BCUT2D eigenvalue weighted by Crippen LogP contribution is -2.24. The third kappa shape index (κ3) is 20.8. The first-order valence-electron chi connectivity index (χ1n) is 42.8. The molecule has 12 aromatic rings. The van der Waals surface area contributed by atoms with Crippen LogP contribution in [0.4, 0.5) is 23.3 Å². The zero-order valence-corrected chi connectivity index (χ0v) is 70.4. The quantitative estimate of drug-likeness (QED) is 0.0300. The number of hydrogen-bond donors (Lipinski definition) is 12. The zero-order valence-electron chi connectivity index (χ0n) is 70.4. The summed E-state index contributed by atoms with van der Waals surface area (Å²) in [6, 6.07) is 60.3. The van der Waals surface area contributed by atoms with Crippen LogP contribution in [0.2, 0.25) is 0 Å². The topological polar surface area (TPSA) is 381 Å². The Hall–Kier alpha value is -12.4. The van der Waals surface area contributed by atoms with Gasteiger partial charge in [-0.3, -0.25) is 19.2 Å². The Morgan fingerprint density at radius 1 is 0.363 bits per heavy atom. The minimum Gasteiger partial charge on any atom is -0.392 e. The highest BCUT2D eigenvalue weighted by Crippen LogP contribution is 2.42. The number of nitrogens with zero attached hydrogens (tertiary/aromatic N) is 8. The molecule has 5 aliphatic carbocycles. The van der Waals surface area contributed by atoms with Gasteiger partial charge in [-0.15, -0.1) is 0 Å². The van der Waals surface area contributed by atoms with Crippen LogP contribution in [0.15, 0.2) is 194 Å². The molecule has 0 aliphatic heterocycles. The molecule has 24 nitrogen and oxygen atoms in total. The monoisotopic (exact) mass is 1670 g/mol. The van der Waals surface area contributed by atoms with E-state index in [1.807, 2.05) is 222 Å². The van der Waals surface area contributed by atoms with Crippen LogP contribution < -0.4 is 21.3 Å². The Balaban J connectivity index is 0.000000135. The van der Waals surface area contributed by atoms with Crippen LogP contribution in [-0.4, -0.2) is 104 Å². The van der Waals surface area contributed by atoms with E-state index in [2.05, 4.69) is 26.3 Å². The average Bonchev–Trinajstić information content (AvgIpc) is 0.757. The highest BCUT2D eigenvalue weighted by atomic mass is 16.3. The lowest BCUT2D eigenvalue weighted by molar-refractivity contribution is -0.119. The number of rotatable bonds is 22. The van der Waals surface area contributed by atoms with Crippen molar-refractivity contribution in [3.63, 3.8) is 0 Å². The van der Waals surface area contributed by atoms with Crippen LogP contribution in [0.1, 0.15) is 223 Å². The van der Waals surface area contributed by atoms with Crippen molar-refractivity contribution in [2.75, 3.05) is 21.3 Å². The molecular weight excluding hydrogens is 1560 g/mol. The minimum absolute atomic E-state index is 0.00422. The zero-order chi connectivity index (χ0) is 87.1. The van der Waals surface area contributed by atoms with E-state index in [0.717, 1.165) is 145 Å². The first-order valence-corrected chi connectivity index (χ1v) is 42.8. The fraction of sp³-hybridized carbons (Fsp3) is 0.320. The molecule has 4 heterocycles. The highest BCUT2D eigenvalue weighted by molar-refractivity contribution is 5.93. The van der Waals surface area contributed by atoms with Gasteiger partial charge < -0.3 is 62.1 Å². The van der Waals surface area contributed by atoms with Crippen molar-refractivity contribution in [2.45, 2.75) is 188 Å². The van der Waals surface area contributed by atoms with E-state index in [-0.39, 0.29) is 67.7 Å². The van der Waals surface area contributed by atoms with Gasteiger partial charge in [0.25, 0.3) is 0 Å². The second kappa shape index (κ2) is 40.8. The van der Waals surface area contributed by atoms with Crippen molar-refractivity contribution in [2.24, 2.45) is 17.8 Å². The number of hydrogen-bond acceptors (Lipinski definition) is 20. The normalized spacial score (nSPS) is 14.5. The summed E-state index contributed by atoms with van der Waals surface area (Å²) in [6.07, 6.45) is 9.18. The molecule has 24 heteroatoms. The first kappa shape index (κ1) is 88.0. The average molecular weight is 1670 g/mol. The molecule has 638 valence electrons. The molecule has 1 fully saturated rings. The number of carbonyl (C=O) groups excluding carboxylic acids is 4. The number of aryl methyl sites for hydroxylation is 8. The Kier molecular flexibility index (Phi) is 28.9. The summed E-state index contributed by atoms with van der Waals surface area (Å²) in [6.45, 7) is 9.16. The Morgan fingerprint density at radius 2 is 0.653 bits per heavy atom. The van der Waals surface area contributed by atoms with Gasteiger partial charge in [0.15, 0.2) is 23.3 Å². The molecule has 12 N–H and O–H groups in total.